The van der Waals surface area contributed by atoms with Gasteiger partial charge < -0.3 is 5.11 Å². The Morgan fingerprint density at radius 2 is 2.29 bits per heavy atom. The molecule has 2 aromatic rings. The Morgan fingerprint density at radius 1 is 1.43 bits per heavy atom. The van der Waals surface area contributed by atoms with Gasteiger partial charge >= 0.3 is 0 Å². The van der Waals surface area contributed by atoms with E-state index in [9.17, 15) is 5.11 Å². The minimum atomic E-state index is -0.523. The van der Waals surface area contributed by atoms with Gasteiger partial charge in [-0.1, -0.05) is 11.6 Å². The second-order valence-corrected chi connectivity index (χ2v) is 5.90. The van der Waals surface area contributed by atoms with Crippen LogP contribution < -0.4 is 0 Å². The van der Waals surface area contributed by atoms with Gasteiger partial charge in [0.05, 0.1) is 17.5 Å². The number of aliphatic hydroxyl groups excluding tert-OH is 1. The molecule has 0 saturated carbocycles. The third-order valence-corrected chi connectivity index (χ3v) is 4.15. The minimum absolute atomic E-state index is 0.523. The van der Waals surface area contributed by atoms with Gasteiger partial charge in [-0.25, -0.2) is 0 Å². The van der Waals surface area contributed by atoms with E-state index in [4.69, 9.17) is 11.6 Å². The molecular formula is C15H19ClN4O. The summed E-state index contributed by atoms with van der Waals surface area (Å²) in [5.74, 6) is 0. The van der Waals surface area contributed by atoms with Gasteiger partial charge in [-0.05, 0) is 25.5 Å². The quantitative estimate of drug-likeness (QED) is 0.946. The van der Waals surface area contributed by atoms with Crippen LogP contribution >= 0.6 is 11.6 Å². The van der Waals surface area contributed by atoms with Gasteiger partial charge in [-0.15, -0.1) is 0 Å². The molecule has 0 radical (unpaired) electrons. The molecule has 2 aromatic heterocycles. The van der Waals surface area contributed by atoms with Crippen molar-refractivity contribution in [1.82, 2.24) is 19.7 Å². The molecule has 0 amide bonds. The van der Waals surface area contributed by atoms with Crippen molar-refractivity contribution in [2.75, 3.05) is 6.54 Å². The van der Waals surface area contributed by atoms with Gasteiger partial charge in [0.2, 0.25) is 0 Å². The average molecular weight is 307 g/mol. The van der Waals surface area contributed by atoms with E-state index in [2.05, 4.69) is 15.0 Å². The SMILES string of the molecule is CC(O)c1cc2n(n1)CCCN(Cc1cnccc1Cl)C2. The van der Waals surface area contributed by atoms with E-state index in [0.29, 0.717) is 0 Å². The number of fused-ring (bicyclic) bond motifs is 1. The first-order valence-electron chi connectivity index (χ1n) is 7.19. The Labute approximate surface area is 129 Å². The molecule has 1 atom stereocenters. The summed E-state index contributed by atoms with van der Waals surface area (Å²) in [5, 5.41) is 14.9. The molecule has 21 heavy (non-hydrogen) atoms. The number of aliphatic hydroxyl groups is 1. The molecule has 1 aliphatic rings. The van der Waals surface area contributed by atoms with Crippen LogP contribution in [0.2, 0.25) is 5.02 Å². The van der Waals surface area contributed by atoms with Crippen molar-refractivity contribution in [3.63, 3.8) is 0 Å². The molecule has 0 spiro atoms. The van der Waals surface area contributed by atoms with E-state index in [-0.39, 0.29) is 0 Å². The molecule has 0 fully saturated rings. The van der Waals surface area contributed by atoms with Crippen LogP contribution in [0.5, 0.6) is 0 Å². The standard InChI is InChI=1S/C15H19ClN4O/c1-11(21)15-7-13-10-19(5-2-6-20(13)18-15)9-12-8-17-4-3-14(12)16/h3-4,7-8,11,21H,2,5-6,9-10H2,1H3. The molecule has 0 saturated heterocycles. The molecule has 0 aromatic carbocycles. The highest BCUT2D eigenvalue weighted by atomic mass is 35.5. The van der Waals surface area contributed by atoms with Crippen LogP contribution in [-0.2, 0) is 19.6 Å². The summed E-state index contributed by atoms with van der Waals surface area (Å²) in [4.78, 5) is 6.49. The maximum Gasteiger partial charge on any atom is 0.0950 e. The Kier molecular flexibility index (Phi) is 4.24. The fraction of sp³-hybridized carbons (Fsp3) is 0.467. The lowest BCUT2D eigenvalue weighted by atomic mass is 10.2. The van der Waals surface area contributed by atoms with Crippen LogP contribution in [0.4, 0.5) is 0 Å². The van der Waals surface area contributed by atoms with Crippen molar-refractivity contribution < 1.29 is 5.11 Å². The monoisotopic (exact) mass is 306 g/mol. The van der Waals surface area contributed by atoms with Crippen LogP contribution in [0.3, 0.4) is 0 Å². The Bertz CT molecular complexity index is 626. The Hall–Kier alpha value is -1.43. The zero-order valence-corrected chi connectivity index (χ0v) is 12.8. The topological polar surface area (TPSA) is 54.2 Å². The molecule has 3 heterocycles. The fourth-order valence-electron chi connectivity index (χ4n) is 2.66. The maximum absolute atomic E-state index is 9.67. The minimum Gasteiger partial charge on any atom is -0.387 e. The first kappa shape index (κ1) is 14.5. The lowest BCUT2D eigenvalue weighted by Crippen LogP contribution is -2.23. The van der Waals surface area contributed by atoms with Crippen molar-refractivity contribution in [1.29, 1.82) is 0 Å². The largest absolute Gasteiger partial charge is 0.387 e. The number of rotatable bonds is 3. The molecule has 3 rings (SSSR count). The molecule has 1 aliphatic heterocycles. The van der Waals surface area contributed by atoms with Gasteiger partial charge in [-0.3, -0.25) is 14.6 Å². The van der Waals surface area contributed by atoms with Gasteiger partial charge in [0.15, 0.2) is 0 Å². The second-order valence-electron chi connectivity index (χ2n) is 5.49. The highest BCUT2D eigenvalue weighted by Crippen LogP contribution is 2.21. The zero-order chi connectivity index (χ0) is 14.8. The van der Waals surface area contributed by atoms with E-state index in [1.165, 1.54) is 0 Å². The van der Waals surface area contributed by atoms with Crippen LogP contribution in [0.15, 0.2) is 24.5 Å². The van der Waals surface area contributed by atoms with Crippen LogP contribution in [0.25, 0.3) is 0 Å². The summed E-state index contributed by atoms with van der Waals surface area (Å²) in [5.41, 5.74) is 2.93. The van der Waals surface area contributed by atoms with Gasteiger partial charge in [-0.2, -0.15) is 5.10 Å². The van der Waals surface area contributed by atoms with E-state index < -0.39 is 6.10 Å². The Morgan fingerprint density at radius 3 is 3.05 bits per heavy atom. The molecule has 5 nitrogen and oxygen atoms in total. The molecule has 1 unspecified atom stereocenters. The second kappa shape index (κ2) is 6.13. The predicted octanol–water partition coefficient (Wildman–Crippen LogP) is 2.39. The number of hydrogen-bond acceptors (Lipinski definition) is 4. The van der Waals surface area contributed by atoms with Crippen molar-refractivity contribution in [3.05, 3.63) is 46.5 Å². The van der Waals surface area contributed by atoms with Gasteiger partial charge in [0, 0.05) is 49.2 Å². The highest BCUT2D eigenvalue weighted by Gasteiger charge is 2.18. The van der Waals surface area contributed by atoms with E-state index in [1.807, 2.05) is 23.0 Å². The van der Waals surface area contributed by atoms with Crippen molar-refractivity contribution in [3.8, 4) is 0 Å². The van der Waals surface area contributed by atoms with E-state index in [0.717, 1.165) is 54.6 Å². The number of nitrogens with zero attached hydrogens (tertiary/aromatic N) is 4. The third-order valence-electron chi connectivity index (χ3n) is 3.78. The summed E-state index contributed by atoms with van der Waals surface area (Å²) in [6, 6.07) is 3.82. The summed E-state index contributed by atoms with van der Waals surface area (Å²) in [7, 11) is 0. The summed E-state index contributed by atoms with van der Waals surface area (Å²) < 4.78 is 2.01. The summed E-state index contributed by atoms with van der Waals surface area (Å²) in [6.07, 6.45) is 4.04. The number of pyridine rings is 1. The van der Waals surface area contributed by atoms with Crippen LogP contribution in [-0.4, -0.2) is 31.3 Å². The molecule has 0 aliphatic carbocycles. The number of halogens is 1. The van der Waals surface area contributed by atoms with Crippen molar-refractivity contribution in [2.45, 2.75) is 39.1 Å². The normalized spacial score (nSPS) is 17.3. The average Bonchev–Trinajstić information content (AvgIpc) is 2.76. The smallest absolute Gasteiger partial charge is 0.0950 e. The Balaban J connectivity index is 1.77. The first-order chi connectivity index (χ1) is 10.1. The fourth-order valence-corrected chi connectivity index (χ4v) is 2.82. The zero-order valence-electron chi connectivity index (χ0n) is 12.0. The van der Waals surface area contributed by atoms with Crippen molar-refractivity contribution in [2.24, 2.45) is 0 Å². The number of aryl methyl sites for hydroxylation is 1. The molecule has 0 bridgehead atoms. The van der Waals surface area contributed by atoms with Gasteiger partial charge in [0.25, 0.3) is 0 Å². The van der Waals surface area contributed by atoms with Crippen LogP contribution in [0.1, 0.15) is 36.4 Å². The van der Waals surface area contributed by atoms with E-state index >= 15 is 0 Å². The summed E-state index contributed by atoms with van der Waals surface area (Å²) in [6.45, 7) is 5.22. The van der Waals surface area contributed by atoms with Gasteiger partial charge in [0.1, 0.15) is 0 Å². The molecular weight excluding hydrogens is 288 g/mol. The third kappa shape index (κ3) is 3.26. The predicted molar refractivity (Wildman–Crippen MR) is 80.8 cm³/mol. The van der Waals surface area contributed by atoms with Crippen molar-refractivity contribution >= 4 is 11.6 Å². The van der Waals surface area contributed by atoms with Crippen LogP contribution in [0, 0.1) is 0 Å². The molecule has 112 valence electrons. The number of aromatic nitrogens is 3. The summed E-state index contributed by atoms with van der Waals surface area (Å²) >= 11 is 6.21. The lowest BCUT2D eigenvalue weighted by molar-refractivity contribution is 0.193. The van der Waals surface area contributed by atoms with E-state index in [1.54, 1.807) is 13.1 Å². The highest BCUT2D eigenvalue weighted by molar-refractivity contribution is 6.31. The maximum atomic E-state index is 9.67. The first-order valence-corrected chi connectivity index (χ1v) is 7.56. The lowest BCUT2D eigenvalue weighted by Gasteiger charge is -2.19. The molecule has 1 N–H and O–H groups in total. The number of hydrogen-bond donors (Lipinski definition) is 1. The molecule has 6 heteroatoms.